The van der Waals surface area contributed by atoms with Crippen LogP contribution in [0.15, 0.2) is 36.7 Å². The van der Waals surface area contributed by atoms with Crippen molar-refractivity contribution in [1.29, 1.82) is 0 Å². The zero-order valence-corrected chi connectivity index (χ0v) is 23.5. The lowest BCUT2D eigenvalue weighted by Gasteiger charge is -2.42. The number of hydrogen-bond acceptors (Lipinski definition) is 10. The first-order valence-corrected chi connectivity index (χ1v) is 12.9. The number of rotatable bonds is 7. The van der Waals surface area contributed by atoms with Crippen LogP contribution in [0.4, 0.5) is 30.5 Å². The molecule has 0 aliphatic carbocycles. The van der Waals surface area contributed by atoms with Gasteiger partial charge < -0.3 is 20.7 Å². The van der Waals surface area contributed by atoms with E-state index in [0.717, 1.165) is 31.2 Å². The van der Waals surface area contributed by atoms with Crippen LogP contribution in [0.3, 0.4) is 0 Å². The van der Waals surface area contributed by atoms with Gasteiger partial charge >= 0.3 is 6.18 Å². The van der Waals surface area contributed by atoms with Crippen LogP contribution in [0.25, 0.3) is 11.4 Å². The zero-order chi connectivity index (χ0) is 30.0. The van der Waals surface area contributed by atoms with Gasteiger partial charge in [0.05, 0.1) is 30.2 Å². The molecule has 3 aromatic rings. The summed E-state index contributed by atoms with van der Waals surface area (Å²) >= 11 is 0. The van der Waals surface area contributed by atoms with Crippen LogP contribution in [0.5, 0.6) is 5.88 Å². The van der Waals surface area contributed by atoms with E-state index < -0.39 is 23.3 Å². The second-order valence-corrected chi connectivity index (χ2v) is 10.9. The van der Waals surface area contributed by atoms with Crippen LogP contribution in [0.1, 0.15) is 56.6 Å². The molecule has 11 nitrogen and oxygen atoms in total. The molecule has 41 heavy (non-hydrogen) atoms. The van der Waals surface area contributed by atoms with Crippen molar-refractivity contribution in [2.24, 2.45) is 0 Å². The molecule has 0 saturated carbocycles. The average molecular weight is 575 g/mol. The van der Waals surface area contributed by atoms with Crippen molar-refractivity contribution < 1.29 is 27.5 Å². The molecular weight excluding hydrogens is 541 g/mol. The van der Waals surface area contributed by atoms with Crippen molar-refractivity contribution >= 4 is 23.2 Å². The molecule has 1 saturated heterocycles. The molecule has 14 heteroatoms. The molecule has 1 aliphatic heterocycles. The van der Waals surface area contributed by atoms with E-state index in [4.69, 9.17) is 15.3 Å². The second kappa shape index (κ2) is 11.4. The summed E-state index contributed by atoms with van der Waals surface area (Å²) in [4.78, 5) is 37.4. The SMILES string of the molecule is COc1ccc(C(F)(F)F)c(-c2cnc(N)c(C(=O)Nc3ncccc3N3CCC(C)(NOC(C)(C)C)CC3)n2)n1. The van der Waals surface area contributed by atoms with Crippen molar-refractivity contribution in [3.05, 3.63) is 47.9 Å². The monoisotopic (exact) mass is 574 g/mol. The average Bonchev–Trinajstić information content (AvgIpc) is 2.92. The first-order chi connectivity index (χ1) is 19.2. The third-order valence-corrected chi connectivity index (χ3v) is 6.47. The van der Waals surface area contributed by atoms with Crippen molar-refractivity contribution in [3.63, 3.8) is 0 Å². The summed E-state index contributed by atoms with van der Waals surface area (Å²) < 4.78 is 46.1. The lowest BCUT2D eigenvalue weighted by molar-refractivity contribution is -0.137. The fraction of sp³-hybridized carbons (Fsp3) is 0.444. The van der Waals surface area contributed by atoms with E-state index in [-0.39, 0.29) is 40.0 Å². The Hall–Kier alpha value is -4.04. The number of ether oxygens (including phenoxy) is 1. The molecule has 220 valence electrons. The molecule has 0 atom stereocenters. The number of nitrogens with zero attached hydrogens (tertiary/aromatic N) is 5. The maximum atomic E-state index is 13.7. The van der Waals surface area contributed by atoms with Gasteiger partial charge in [-0.05, 0) is 58.7 Å². The van der Waals surface area contributed by atoms with Crippen LogP contribution in [-0.4, -0.2) is 57.2 Å². The molecule has 0 aromatic carbocycles. The third-order valence-electron chi connectivity index (χ3n) is 6.47. The summed E-state index contributed by atoms with van der Waals surface area (Å²) in [6.45, 7) is 9.32. The summed E-state index contributed by atoms with van der Waals surface area (Å²) in [5.41, 5.74) is 6.96. The number of hydroxylamine groups is 1. The van der Waals surface area contributed by atoms with Gasteiger partial charge in [-0.3, -0.25) is 9.63 Å². The van der Waals surface area contributed by atoms with Crippen LogP contribution in [-0.2, 0) is 11.0 Å². The highest BCUT2D eigenvalue weighted by molar-refractivity contribution is 6.06. The van der Waals surface area contributed by atoms with E-state index in [9.17, 15) is 18.0 Å². The highest BCUT2D eigenvalue weighted by Gasteiger charge is 2.36. The summed E-state index contributed by atoms with van der Waals surface area (Å²) in [5.74, 6) is -0.857. The maximum absolute atomic E-state index is 13.7. The largest absolute Gasteiger partial charge is 0.481 e. The lowest BCUT2D eigenvalue weighted by atomic mass is 9.90. The van der Waals surface area contributed by atoms with E-state index in [1.807, 2.05) is 26.8 Å². The Morgan fingerprint density at radius 2 is 1.80 bits per heavy atom. The van der Waals surface area contributed by atoms with Gasteiger partial charge in [-0.2, -0.15) is 18.7 Å². The molecule has 0 spiro atoms. The number of nitrogens with one attached hydrogen (secondary N) is 2. The molecule has 1 aliphatic rings. The van der Waals surface area contributed by atoms with Crippen LogP contribution >= 0.6 is 0 Å². The van der Waals surface area contributed by atoms with Crippen molar-refractivity contribution in [2.45, 2.75) is 57.9 Å². The fourth-order valence-corrected chi connectivity index (χ4v) is 4.19. The fourth-order valence-electron chi connectivity index (χ4n) is 4.19. The van der Waals surface area contributed by atoms with Gasteiger partial charge in [0, 0.05) is 30.9 Å². The molecule has 0 radical (unpaired) electrons. The zero-order valence-electron chi connectivity index (χ0n) is 23.5. The Morgan fingerprint density at radius 3 is 2.44 bits per heavy atom. The molecule has 1 amide bonds. The number of amides is 1. The number of nitrogen functional groups attached to an aromatic ring is 1. The molecule has 0 bridgehead atoms. The van der Waals surface area contributed by atoms with Gasteiger partial charge in [0.1, 0.15) is 11.4 Å². The predicted molar refractivity (Wildman–Crippen MR) is 147 cm³/mol. The standard InChI is InChI=1S/C27H33F3N8O3/c1-25(2,3)41-37-26(4)10-13-38(14-11-26)18-7-6-12-32-23(18)36-24(39)21-22(31)33-15-17(34-21)20-16(27(28,29)30)8-9-19(35-20)40-5/h6-9,12,15,37H,10-11,13-14H2,1-5H3,(H2,31,33)(H,32,36,39). The number of nitrogens with two attached hydrogens (primary N) is 1. The number of halogens is 3. The highest BCUT2D eigenvalue weighted by Crippen LogP contribution is 2.37. The quantitative estimate of drug-likeness (QED) is 0.346. The minimum absolute atomic E-state index is 0.0615. The summed E-state index contributed by atoms with van der Waals surface area (Å²) in [6, 6.07) is 5.49. The number of anilines is 3. The minimum atomic E-state index is -4.73. The van der Waals surface area contributed by atoms with E-state index >= 15 is 0 Å². The smallest absolute Gasteiger partial charge is 0.418 e. The number of hydrogen-bond donors (Lipinski definition) is 3. The van der Waals surface area contributed by atoms with Gasteiger partial charge in [0.25, 0.3) is 5.91 Å². The van der Waals surface area contributed by atoms with Crippen molar-refractivity contribution in [3.8, 4) is 17.3 Å². The second-order valence-electron chi connectivity index (χ2n) is 10.9. The minimum Gasteiger partial charge on any atom is -0.481 e. The molecule has 1 fully saturated rings. The van der Waals surface area contributed by atoms with Gasteiger partial charge in [-0.25, -0.2) is 19.9 Å². The Balaban J connectivity index is 1.57. The first kappa shape index (κ1) is 29.9. The lowest BCUT2D eigenvalue weighted by Crippen LogP contribution is -2.53. The Kier molecular flexibility index (Phi) is 8.36. The number of piperidine rings is 1. The normalized spacial score (nSPS) is 15.5. The number of pyridine rings is 2. The predicted octanol–water partition coefficient (Wildman–Crippen LogP) is 4.47. The van der Waals surface area contributed by atoms with Crippen molar-refractivity contribution in [2.75, 3.05) is 36.1 Å². The van der Waals surface area contributed by atoms with E-state index in [1.54, 1.807) is 6.07 Å². The number of methoxy groups -OCH3 is 1. The molecule has 4 rings (SSSR count). The summed E-state index contributed by atoms with van der Waals surface area (Å²) in [5, 5.41) is 2.69. The van der Waals surface area contributed by atoms with E-state index in [2.05, 4.69) is 42.6 Å². The number of alkyl halides is 3. The molecule has 4 N–H and O–H groups in total. The Labute approximate surface area is 235 Å². The Morgan fingerprint density at radius 1 is 1.10 bits per heavy atom. The van der Waals surface area contributed by atoms with Gasteiger partial charge in [-0.15, -0.1) is 0 Å². The van der Waals surface area contributed by atoms with Crippen LogP contribution in [0, 0.1) is 0 Å². The van der Waals surface area contributed by atoms with Crippen LogP contribution < -0.4 is 26.2 Å². The Bertz CT molecular complexity index is 1400. The number of carbonyl (C=O) groups excluding carboxylic acids is 1. The molecular formula is C27H33F3N8O3. The van der Waals surface area contributed by atoms with Gasteiger partial charge in [-0.1, -0.05) is 0 Å². The van der Waals surface area contributed by atoms with Crippen LogP contribution in [0.2, 0.25) is 0 Å². The topological polar surface area (TPSA) is 140 Å². The van der Waals surface area contributed by atoms with Gasteiger partial charge in [0.2, 0.25) is 5.88 Å². The highest BCUT2D eigenvalue weighted by atomic mass is 19.4. The molecule has 4 heterocycles. The molecule has 3 aromatic heterocycles. The first-order valence-electron chi connectivity index (χ1n) is 12.9. The maximum Gasteiger partial charge on any atom is 0.418 e. The van der Waals surface area contributed by atoms with Gasteiger partial charge in [0.15, 0.2) is 17.3 Å². The summed E-state index contributed by atoms with van der Waals surface area (Å²) in [7, 11) is 1.27. The molecule has 0 unspecified atom stereocenters. The summed E-state index contributed by atoms with van der Waals surface area (Å²) in [6.07, 6.45) is -0.658. The van der Waals surface area contributed by atoms with E-state index in [0.29, 0.717) is 18.8 Å². The number of aromatic nitrogens is 4. The van der Waals surface area contributed by atoms with Crippen molar-refractivity contribution in [1.82, 2.24) is 25.4 Å². The third kappa shape index (κ3) is 7.19. The number of carbonyl (C=O) groups is 1. The van der Waals surface area contributed by atoms with E-state index in [1.165, 1.54) is 13.3 Å².